The van der Waals surface area contributed by atoms with Crippen LogP contribution in [0.3, 0.4) is 0 Å². The highest BCUT2D eigenvalue weighted by molar-refractivity contribution is 5.94. The lowest BCUT2D eigenvalue weighted by Crippen LogP contribution is -2.45. The molecule has 2 N–H and O–H groups in total. The van der Waals surface area contributed by atoms with Gasteiger partial charge in [-0.2, -0.15) is 0 Å². The van der Waals surface area contributed by atoms with Crippen LogP contribution < -0.4 is 10.2 Å². The number of hydrogen-bond acceptors (Lipinski definition) is 8. The molecule has 0 atom stereocenters. The standard InChI is InChI=1S/C32H37N5O4/c1-35-12-14-36(15-13-35)18-21-41-31-23-29(32(38)34-39)22-30(33-31)28-10-8-26(9-11-28)3-2-25-4-6-27(7-5-25)24-37-16-19-40-20-17-37/h4-11,22-23,39H,12-21,24H2,1H3,(H,34,38). The smallest absolute Gasteiger partial charge is 0.274 e. The third-order valence-corrected chi connectivity index (χ3v) is 7.41. The molecule has 3 aromatic rings. The first-order valence-electron chi connectivity index (χ1n) is 14.1. The molecule has 9 heteroatoms. The van der Waals surface area contributed by atoms with Crippen molar-refractivity contribution >= 4 is 5.91 Å². The first kappa shape index (κ1) is 28.7. The van der Waals surface area contributed by atoms with Gasteiger partial charge in [-0.05, 0) is 42.9 Å². The Labute approximate surface area is 241 Å². The third kappa shape index (κ3) is 8.36. The van der Waals surface area contributed by atoms with Gasteiger partial charge in [0.15, 0.2) is 0 Å². The molecule has 214 valence electrons. The van der Waals surface area contributed by atoms with E-state index in [0.29, 0.717) is 18.2 Å². The Balaban J connectivity index is 1.22. The summed E-state index contributed by atoms with van der Waals surface area (Å²) in [5.41, 5.74) is 6.48. The van der Waals surface area contributed by atoms with Gasteiger partial charge in [-0.3, -0.25) is 19.8 Å². The van der Waals surface area contributed by atoms with Crippen LogP contribution in [0.4, 0.5) is 0 Å². The Hall–Kier alpha value is -3.78. The molecule has 2 aromatic carbocycles. The van der Waals surface area contributed by atoms with Crippen LogP contribution in [0.2, 0.25) is 0 Å². The zero-order valence-corrected chi connectivity index (χ0v) is 23.5. The number of hydrogen-bond donors (Lipinski definition) is 2. The van der Waals surface area contributed by atoms with Gasteiger partial charge in [0.05, 0.1) is 18.9 Å². The van der Waals surface area contributed by atoms with Gasteiger partial charge >= 0.3 is 0 Å². The van der Waals surface area contributed by atoms with Crippen molar-refractivity contribution in [2.45, 2.75) is 6.54 Å². The lowest BCUT2D eigenvalue weighted by Gasteiger charge is -2.32. The Kier molecular flexibility index (Phi) is 9.96. The molecule has 0 bridgehead atoms. The fraction of sp³-hybridized carbons (Fsp3) is 0.375. The van der Waals surface area contributed by atoms with Gasteiger partial charge in [0.2, 0.25) is 5.88 Å². The van der Waals surface area contributed by atoms with E-state index >= 15 is 0 Å². The van der Waals surface area contributed by atoms with E-state index in [4.69, 9.17) is 9.47 Å². The number of nitrogens with one attached hydrogen (secondary N) is 1. The van der Waals surface area contributed by atoms with E-state index in [1.807, 2.05) is 24.3 Å². The molecule has 5 rings (SSSR count). The number of nitrogens with zero attached hydrogens (tertiary/aromatic N) is 4. The van der Waals surface area contributed by atoms with E-state index in [9.17, 15) is 10.0 Å². The summed E-state index contributed by atoms with van der Waals surface area (Å²) >= 11 is 0. The van der Waals surface area contributed by atoms with Gasteiger partial charge < -0.3 is 14.4 Å². The number of likely N-dealkylation sites (N-methyl/N-ethyl adjacent to an activating group) is 1. The zero-order chi connectivity index (χ0) is 28.4. The van der Waals surface area contributed by atoms with E-state index in [-0.39, 0.29) is 5.56 Å². The molecule has 0 saturated carbocycles. The van der Waals surface area contributed by atoms with Gasteiger partial charge in [0.25, 0.3) is 5.91 Å². The second-order valence-electron chi connectivity index (χ2n) is 10.4. The molecule has 9 nitrogen and oxygen atoms in total. The Morgan fingerprint density at radius 3 is 2.24 bits per heavy atom. The monoisotopic (exact) mass is 555 g/mol. The summed E-state index contributed by atoms with van der Waals surface area (Å²) in [6.45, 7) is 9.79. The number of morpholine rings is 1. The van der Waals surface area contributed by atoms with Crippen molar-refractivity contribution in [2.24, 2.45) is 0 Å². The predicted molar refractivity (Wildman–Crippen MR) is 157 cm³/mol. The quantitative estimate of drug-likeness (QED) is 0.249. The summed E-state index contributed by atoms with van der Waals surface area (Å²) in [6, 6.07) is 19.3. The molecule has 2 fully saturated rings. The number of piperazine rings is 1. The van der Waals surface area contributed by atoms with Gasteiger partial charge in [0, 0.05) is 80.7 Å². The molecule has 0 spiro atoms. The second-order valence-corrected chi connectivity index (χ2v) is 10.4. The number of carbonyl (C=O) groups excluding carboxylic acids is 1. The van der Waals surface area contributed by atoms with E-state index in [0.717, 1.165) is 82.3 Å². The minimum absolute atomic E-state index is 0.271. The number of pyridine rings is 1. The van der Waals surface area contributed by atoms with Crippen LogP contribution in [-0.4, -0.2) is 103 Å². The minimum Gasteiger partial charge on any atom is -0.476 e. The van der Waals surface area contributed by atoms with Crippen LogP contribution in [0.25, 0.3) is 11.3 Å². The lowest BCUT2D eigenvalue weighted by molar-refractivity contribution is 0.0342. The molecular weight excluding hydrogens is 518 g/mol. The summed E-state index contributed by atoms with van der Waals surface area (Å²) in [4.78, 5) is 23.9. The van der Waals surface area contributed by atoms with Gasteiger partial charge in [-0.25, -0.2) is 10.5 Å². The number of hydroxylamine groups is 1. The van der Waals surface area contributed by atoms with Crippen molar-refractivity contribution in [3.05, 3.63) is 82.9 Å². The fourth-order valence-corrected chi connectivity index (χ4v) is 4.85. The number of ether oxygens (including phenoxy) is 2. The fourth-order valence-electron chi connectivity index (χ4n) is 4.85. The van der Waals surface area contributed by atoms with Gasteiger partial charge in [0.1, 0.15) is 6.61 Å². The van der Waals surface area contributed by atoms with E-state index in [1.54, 1.807) is 17.6 Å². The number of aromatic nitrogens is 1. The molecular formula is C32H37N5O4. The SMILES string of the molecule is CN1CCN(CCOc2cc(C(=O)NO)cc(-c3ccc(C#Cc4ccc(CN5CCOCC5)cc4)cc3)n2)CC1. The van der Waals surface area contributed by atoms with Crippen molar-refractivity contribution in [2.75, 3.05) is 72.7 Å². The lowest BCUT2D eigenvalue weighted by atomic mass is 10.1. The van der Waals surface area contributed by atoms with Crippen LogP contribution in [0, 0.1) is 11.8 Å². The van der Waals surface area contributed by atoms with Crippen molar-refractivity contribution in [1.29, 1.82) is 0 Å². The zero-order valence-electron chi connectivity index (χ0n) is 23.5. The number of amides is 1. The van der Waals surface area contributed by atoms with Crippen molar-refractivity contribution in [3.8, 4) is 29.0 Å². The topological polar surface area (TPSA) is 90.4 Å². The Morgan fingerprint density at radius 1 is 0.927 bits per heavy atom. The Bertz CT molecular complexity index is 1350. The normalized spacial score (nSPS) is 16.5. The largest absolute Gasteiger partial charge is 0.476 e. The van der Waals surface area contributed by atoms with Crippen molar-refractivity contribution in [1.82, 2.24) is 25.2 Å². The Morgan fingerprint density at radius 2 is 1.59 bits per heavy atom. The number of rotatable bonds is 8. The number of carbonyl (C=O) groups is 1. The highest BCUT2D eigenvalue weighted by Gasteiger charge is 2.15. The highest BCUT2D eigenvalue weighted by atomic mass is 16.5. The molecule has 3 heterocycles. The van der Waals surface area contributed by atoms with Crippen LogP contribution in [0.1, 0.15) is 27.0 Å². The molecule has 1 amide bonds. The first-order valence-corrected chi connectivity index (χ1v) is 14.1. The first-order chi connectivity index (χ1) is 20.1. The van der Waals surface area contributed by atoms with Gasteiger partial charge in [-0.15, -0.1) is 0 Å². The van der Waals surface area contributed by atoms with E-state index in [1.165, 1.54) is 5.56 Å². The molecule has 0 aliphatic carbocycles. The van der Waals surface area contributed by atoms with Crippen LogP contribution in [0.5, 0.6) is 5.88 Å². The molecule has 2 aliphatic rings. The van der Waals surface area contributed by atoms with E-state index < -0.39 is 5.91 Å². The maximum atomic E-state index is 12.2. The maximum Gasteiger partial charge on any atom is 0.274 e. The second kappa shape index (κ2) is 14.2. The van der Waals surface area contributed by atoms with Crippen LogP contribution >= 0.6 is 0 Å². The average molecular weight is 556 g/mol. The summed E-state index contributed by atoms with van der Waals surface area (Å²) in [5, 5.41) is 9.19. The molecule has 0 radical (unpaired) electrons. The molecule has 2 aliphatic heterocycles. The number of benzene rings is 2. The van der Waals surface area contributed by atoms with E-state index in [2.05, 4.69) is 62.8 Å². The average Bonchev–Trinajstić information content (AvgIpc) is 3.02. The summed E-state index contributed by atoms with van der Waals surface area (Å²) in [6.07, 6.45) is 0. The summed E-state index contributed by atoms with van der Waals surface area (Å²) in [7, 11) is 2.13. The summed E-state index contributed by atoms with van der Waals surface area (Å²) < 4.78 is 11.4. The van der Waals surface area contributed by atoms with Gasteiger partial charge in [-0.1, -0.05) is 36.1 Å². The minimum atomic E-state index is -0.615. The molecule has 0 unspecified atom stereocenters. The van der Waals surface area contributed by atoms with Crippen LogP contribution in [0.15, 0.2) is 60.7 Å². The van der Waals surface area contributed by atoms with Crippen molar-refractivity contribution in [3.63, 3.8) is 0 Å². The predicted octanol–water partition coefficient (Wildman–Crippen LogP) is 2.73. The summed E-state index contributed by atoms with van der Waals surface area (Å²) in [5.74, 6) is 6.19. The van der Waals surface area contributed by atoms with Crippen LogP contribution in [-0.2, 0) is 11.3 Å². The van der Waals surface area contributed by atoms with Crippen molar-refractivity contribution < 1.29 is 19.5 Å². The molecule has 41 heavy (non-hydrogen) atoms. The highest BCUT2D eigenvalue weighted by Crippen LogP contribution is 2.23. The molecule has 1 aromatic heterocycles. The maximum absolute atomic E-state index is 12.2. The third-order valence-electron chi connectivity index (χ3n) is 7.41. The molecule has 2 saturated heterocycles.